The number of halogens is 3. The van der Waals surface area contributed by atoms with Crippen LogP contribution in [0, 0.1) is 6.92 Å². The second-order valence-electron chi connectivity index (χ2n) is 10.1. The Labute approximate surface area is 272 Å². The number of carbonyl (C=O) groups excluding carboxylic acids is 1. The lowest BCUT2D eigenvalue weighted by atomic mass is 10.1. The summed E-state index contributed by atoms with van der Waals surface area (Å²) in [4.78, 5) is 30.1. The first-order valence-electron chi connectivity index (χ1n) is 13.6. The molecular weight excluding hydrogens is 669 g/mol. The van der Waals surface area contributed by atoms with Crippen LogP contribution >= 0.6 is 39.1 Å². The van der Waals surface area contributed by atoms with E-state index in [1.54, 1.807) is 31.4 Å². The number of carbonyl (C=O) groups is 2. The number of benzene rings is 4. The number of amides is 1. The number of hydrogen-bond donors (Lipinski definition) is 2. The van der Waals surface area contributed by atoms with Crippen LogP contribution in [0.5, 0.6) is 5.75 Å². The molecule has 0 unspecified atom stereocenters. The molecule has 0 spiro atoms. The molecule has 226 valence electrons. The summed E-state index contributed by atoms with van der Waals surface area (Å²) in [6, 6.07) is 22.4. The molecule has 0 fully saturated rings. The van der Waals surface area contributed by atoms with Gasteiger partial charge in [-0.15, -0.1) is 0 Å². The third-order valence-corrected chi connectivity index (χ3v) is 8.16. The van der Waals surface area contributed by atoms with Gasteiger partial charge >= 0.3 is 5.97 Å². The van der Waals surface area contributed by atoms with Crippen LogP contribution in [-0.4, -0.2) is 46.3 Å². The number of imidazole rings is 1. The Morgan fingerprint density at radius 1 is 1.05 bits per heavy atom. The summed E-state index contributed by atoms with van der Waals surface area (Å²) in [5, 5.41) is 13.4. The molecule has 0 aliphatic rings. The van der Waals surface area contributed by atoms with Gasteiger partial charge in [0, 0.05) is 20.1 Å². The molecule has 0 bridgehead atoms. The Hall–Kier alpha value is -3.89. The Balaban J connectivity index is 1.49. The van der Waals surface area contributed by atoms with E-state index in [0.29, 0.717) is 33.7 Å². The fraction of sp³-hybridized carbons (Fsp3) is 0.182. The van der Waals surface area contributed by atoms with Gasteiger partial charge < -0.3 is 24.5 Å². The smallest absolute Gasteiger partial charge is 0.328 e. The van der Waals surface area contributed by atoms with Crippen LogP contribution in [0.1, 0.15) is 27.0 Å². The van der Waals surface area contributed by atoms with Crippen molar-refractivity contribution in [3.8, 4) is 17.1 Å². The fourth-order valence-corrected chi connectivity index (χ4v) is 5.88. The van der Waals surface area contributed by atoms with Gasteiger partial charge in [0.2, 0.25) is 0 Å². The SMILES string of the molecule is COc1ccc(Br)cc1-c1nc2cc(C(=O)N[C@@H](COCc3ccccc3)C(=O)O)ccc2n1Cc1c(C)cc(Cl)cc1Cl. The molecule has 1 heterocycles. The molecule has 1 amide bonds. The Kier molecular flexibility index (Phi) is 9.90. The maximum atomic E-state index is 13.2. The molecule has 4 aromatic carbocycles. The minimum Gasteiger partial charge on any atom is -0.496 e. The molecule has 0 radical (unpaired) electrons. The van der Waals surface area contributed by atoms with Crippen LogP contribution in [-0.2, 0) is 22.7 Å². The van der Waals surface area contributed by atoms with Crippen LogP contribution in [0.25, 0.3) is 22.4 Å². The highest BCUT2D eigenvalue weighted by atomic mass is 79.9. The first kappa shape index (κ1) is 31.5. The minimum atomic E-state index is -1.24. The number of hydrogen-bond acceptors (Lipinski definition) is 5. The zero-order valence-electron chi connectivity index (χ0n) is 23.8. The third-order valence-electron chi connectivity index (χ3n) is 7.11. The molecule has 44 heavy (non-hydrogen) atoms. The maximum Gasteiger partial charge on any atom is 0.328 e. The van der Waals surface area contributed by atoms with Gasteiger partial charge in [-0.1, -0.05) is 69.5 Å². The molecule has 0 aliphatic carbocycles. The van der Waals surface area contributed by atoms with Crippen molar-refractivity contribution in [1.29, 1.82) is 0 Å². The van der Waals surface area contributed by atoms with Crippen molar-refractivity contribution in [3.63, 3.8) is 0 Å². The highest BCUT2D eigenvalue weighted by Gasteiger charge is 2.23. The van der Waals surface area contributed by atoms with Gasteiger partial charge in [0.25, 0.3) is 5.91 Å². The third kappa shape index (κ3) is 7.08. The second-order valence-corrected chi connectivity index (χ2v) is 11.9. The van der Waals surface area contributed by atoms with E-state index in [9.17, 15) is 14.7 Å². The van der Waals surface area contributed by atoms with Gasteiger partial charge in [0.15, 0.2) is 6.04 Å². The van der Waals surface area contributed by atoms with E-state index in [4.69, 9.17) is 37.7 Å². The summed E-state index contributed by atoms with van der Waals surface area (Å²) in [6.07, 6.45) is 0. The molecule has 1 atom stereocenters. The van der Waals surface area contributed by atoms with Crippen LogP contribution in [0.15, 0.2) is 83.3 Å². The monoisotopic (exact) mass is 695 g/mol. The zero-order valence-corrected chi connectivity index (χ0v) is 26.9. The summed E-state index contributed by atoms with van der Waals surface area (Å²) in [5.74, 6) is -0.549. The minimum absolute atomic E-state index is 0.194. The van der Waals surface area contributed by atoms with E-state index in [2.05, 4.69) is 21.2 Å². The van der Waals surface area contributed by atoms with E-state index >= 15 is 0 Å². The standard InChI is InChI=1S/C33H28BrCl2N3O5/c1-19-12-23(35)15-26(36)25(19)16-39-29-10-8-21(13-27(29)37-31(39)24-14-22(34)9-11-30(24)43-2)32(40)38-28(33(41)42)18-44-17-20-6-4-3-5-7-20/h3-15,28H,16-18H2,1-2H3,(H,38,40)(H,41,42)/t28-/m0/s1. The molecule has 5 aromatic rings. The first-order valence-corrected chi connectivity index (χ1v) is 15.1. The van der Waals surface area contributed by atoms with Crippen molar-refractivity contribution in [3.05, 3.63) is 116 Å². The van der Waals surface area contributed by atoms with E-state index in [0.717, 1.165) is 32.2 Å². The number of ether oxygens (including phenoxy) is 2. The molecule has 11 heteroatoms. The number of fused-ring (bicyclic) bond motifs is 1. The molecule has 2 N–H and O–H groups in total. The van der Waals surface area contributed by atoms with Gasteiger partial charge in [0.05, 0.1) is 43.5 Å². The lowest BCUT2D eigenvalue weighted by Gasteiger charge is -2.16. The average Bonchev–Trinajstić information content (AvgIpc) is 3.36. The van der Waals surface area contributed by atoms with Crippen LogP contribution < -0.4 is 10.1 Å². The molecule has 0 saturated carbocycles. The van der Waals surface area contributed by atoms with Crippen LogP contribution in [0.3, 0.4) is 0 Å². The van der Waals surface area contributed by atoms with Gasteiger partial charge in [-0.3, -0.25) is 4.79 Å². The number of aryl methyl sites for hydroxylation is 1. The van der Waals surface area contributed by atoms with E-state index in [1.165, 1.54) is 0 Å². The number of nitrogens with one attached hydrogen (secondary N) is 1. The number of carboxylic acid groups (broad SMARTS) is 1. The van der Waals surface area contributed by atoms with E-state index in [1.807, 2.05) is 66.1 Å². The second kappa shape index (κ2) is 13.8. The van der Waals surface area contributed by atoms with Gasteiger partial charge in [-0.05, 0) is 72.1 Å². The number of carboxylic acids is 1. The summed E-state index contributed by atoms with van der Waals surface area (Å²) in [5.41, 5.74) is 4.94. The molecular formula is C33H28BrCl2N3O5. The first-order chi connectivity index (χ1) is 21.1. The lowest BCUT2D eigenvalue weighted by molar-refractivity contribution is -0.141. The van der Waals surface area contributed by atoms with Crippen LogP contribution in [0.2, 0.25) is 10.0 Å². The van der Waals surface area contributed by atoms with Gasteiger partial charge in [0.1, 0.15) is 11.6 Å². The van der Waals surface area contributed by atoms with E-state index < -0.39 is 17.9 Å². The number of rotatable bonds is 11. The van der Waals surface area contributed by atoms with Crippen molar-refractivity contribution in [2.75, 3.05) is 13.7 Å². The van der Waals surface area contributed by atoms with Crippen molar-refractivity contribution in [2.45, 2.75) is 26.1 Å². The largest absolute Gasteiger partial charge is 0.496 e. The average molecular weight is 697 g/mol. The molecule has 0 aliphatic heterocycles. The van der Waals surface area contributed by atoms with Gasteiger partial charge in [-0.25, -0.2) is 9.78 Å². The number of methoxy groups -OCH3 is 1. The fourth-order valence-electron chi connectivity index (χ4n) is 4.87. The summed E-state index contributed by atoms with van der Waals surface area (Å²) in [6.45, 7) is 2.34. The predicted molar refractivity (Wildman–Crippen MR) is 175 cm³/mol. The highest BCUT2D eigenvalue weighted by Crippen LogP contribution is 2.36. The Morgan fingerprint density at radius 2 is 1.82 bits per heavy atom. The summed E-state index contributed by atoms with van der Waals surface area (Å²) >= 11 is 16.4. The maximum absolute atomic E-state index is 13.2. The normalized spacial score (nSPS) is 11.8. The van der Waals surface area contributed by atoms with Crippen molar-refractivity contribution in [2.24, 2.45) is 0 Å². The summed E-state index contributed by atoms with van der Waals surface area (Å²) in [7, 11) is 1.59. The number of aromatic nitrogens is 2. The Morgan fingerprint density at radius 3 is 2.52 bits per heavy atom. The topological polar surface area (TPSA) is 103 Å². The van der Waals surface area contributed by atoms with Crippen molar-refractivity contribution >= 4 is 62.0 Å². The van der Waals surface area contributed by atoms with Crippen LogP contribution in [0.4, 0.5) is 0 Å². The highest BCUT2D eigenvalue weighted by molar-refractivity contribution is 9.10. The zero-order chi connectivity index (χ0) is 31.4. The molecule has 0 saturated heterocycles. The van der Waals surface area contributed by atoms with Crippen molar-refractivity contribution < 1.29 is 24.2 Å². The lowest BCUT2D eigenvalue weighted by Crippen LogP contribution is -2.44. The number of aliphatic carboxylic acids is 1. The number of nitrogens with zero attached hydrogens (tertiary/aromatic N) is 2. The Bertz CT molecular complexity index is 1820. The molecule has 5 rings (SSSR count). The van der Waals surface area contributed by atoms with Gasteiger partial charge in [-0.2, -0.15) is 0 Å². The molecule has 8 nitrogen and oxygen atoms in total. The molecule has 1 aromatic heterocycles. The van der Waals surface area contributed by atoms with E-state index in [-0.39, 0.29) is 18.8 Å². The predicted octanol–water partition coefficient (Wildman–Crippen LogP) is 7.54. The van der Waals surface area contributed by atoms with Crippen molar-refractivity contribution in [1.82, 2.24) is 14.9 Å². The quantitative estimate of drug-likeness (QED) is 0.148. The summed E-state index contributed by atoms with van der Waals surface area (Å²) < 4.78 is 14.1.